The number of benzene rings is 1. The van der Waals surface area contributed by atoms with E-state index >= 15 is 0 Å². The maximum absolute atomic E-state index is 12.1. The zero-order chi connectivity index (χ0) is 17.8. The number of fused-ring (bicyclic) bond motifs is 1. The van der Waals surface area contributed by atoms with Gasteiger partial charge in [-0.05, 0) is 24.8 Å². The highest BCUT2D eigenvalue weighted by atomic mass is 16.5. The molecule has 132 valence electrons. The molecule has 0 radical (unpaired) electrons. The van der Waals surface area contributed by atoms with Crippen molar-refractivity contribution in [2.45, 2.75) is 26.2 Å². The molecule has 1 N–H and O–H groups in total. The Kier molecular flexibility index (Phi) is 5.11. The summed E-state index contributed by atoms with van der Waals surface area (Å²) in [5.74, 6) is -0.229. The number of piperidine rings is 1. The Morgan fingerprint density at radius 1 is 1.32 bits per heavy atom. The van der Waals surface area contributed by atoms with Crippen LogP contribution in [0.15, 0.2) is 29.1 Å². The molecular weight excluding hydrogens is 322 g/mol. The van der Waals surface area contributed by atoms with Gasteiger partial charge < -0.3 is 9.64 Å². The highest BCUT2D eigenvalue weighted by molar-refractivity contribution is 5.87. The summed E-state index contributed by atoms with van der Waals surface area (Å²) in [5, 5.41) is 7.40. The van der Waals surface area contributed by atoms with E-state index in [1.807, 2.05) is 0 Å². The van der Waals surface area contributed by atoms with Gasteiger partial charge >= 0.3 is 5.97 Å². The number of aromatic nitrogens is 2. The second kappa shape index (κ2) is 7.46. The van der Waals surface area contributed by atoms with Gasteiger partial charge in [0.2, 0.25) is 0 Å². The Balaban J connectivity index is 1.61. The lowest BCUT2D eigenvalue weighted by Gasteiger charge is -2.30. The summed E-state index contributed by atoms with van der Waals surface area (Å²) < 4.78 is 5.11. The molecule has 1 aliphatic rings. The second-order valence-corrected chi connectivity index (χ2v) is 6.47. The van der Waals surface area contributed by atoms with Gasteiger partial charge in [0.05, 0.1) is 17.5 Å². The summed E-state index contributed by atoms with van der Waals surface area (Å²) in [6.07, 6.45) is 2.00. The van der Waals surface area contributed by atoms with E-state index in [2.05, 4.69) is 17.1 Å². The monoisotopic (exact) mass is 343 g/mol. The third-order valence-corrected chi connectivity index (χ3v) is 4.45. The molecule has 2 heterocycles. The zero-order valence-electron chi connectivity index (χ0n) is 14.2. The maximum Gasteiger partial charge on any atom is 0.312 e. The van der Waals surface area contributed by atoms with Crippen LogP contribution in [0.3, 0.4) is 0 Å². The summed E-state index contributed by atoms with van der Waals surface area (Å²) in [7, 11) is 0. The van der Waals surface area contributed by atoms with Crippen LogP contribution < -0.4 is 5.56 Å². The van der Waals surface area contributed by atoms with E-state index < -0.39 is 5.97 Å². The van der Waals surface area contributed by atoms with Gasteiger partial charge in [-0.25, -0.2) is 5.10 Å². The van der Waals surface area contributed by atoms with Gasteiger partial charge in [0.15, 0.2) is 6.61 Å². The minimum Gasteiger partial charge on any atom is -0.455 e. The summed E-state index contributed by atoms with van der Waals surface area (Å²) in [5.41, 5.74) is 0.126. The Labute approximate surface area is 145 Å². The van der Waals surface area contributed by atoms with Crippen LogP contribution in [0.4, 0.5) is 0 Å². The van der Waals surface area contributed by atoms with Gasteiger partial charge in [0, 0.05) is 18.5 Å². The van der Waals surface area contributed by atoms with Crippen molar-refractivity contribution >= 4 is 22.6 Å². The number of nitrogens with one attached hydrogen (secondary N) is 1. The lowest BCUT2D eigenvalue weighted by atomic mass is 10.0. The van der Waals surface area contributed by atoms with Gasteiger partial charge in [-0.3, -0.25) is 14.4 Å². The molecular formula is C18H21N3O4. The highest BCUT2D eigenvalue weighted by Gasteiger charge is 2.22. The minimum atomic E-state index is -0.539. The fourth-order valence-electron chi connectivity index (χ4n) is 3.14. The van der Waals surface area contributed by atoms with Crippen LogP contribution >= 0.6 is 0 Å². The van der Waals surface area contributed by atoms with Crippen molar-refractivity contribution < 1.29 is 14.3 Å². The van der Waals surface area contributed by atoms with E-state index in [0.717, 1.165) is 12.8 Å². The van der Waals surface area contributed by atoms with Crippen LogP contribution in [0.25, 0.3) is 10.8 Å². The van der Waals surface area contributed by atoms with Crippen LogP contribution in [0.5, 0.6) is 0 Å². The van der Waals surface area contributed by atoms with E-state index in [1.54, 1.807) is 29.2 Å². The number of carbonyl (C=O) groups excluding carboxylic acids is 2. The standard InChI is InChI=1S/C18H21N3O4/c1-12-5-4-8-21(10-12)16(22)11-25-17(23)9-15-13-6-2-3-7-14(13)18(24)20-19-15/h2-3,6-7,12H,4-5,8-11H2,1H3,(H,20,24)/t12-/m0/s1. The Hall–Kier alpha value is -2.70. The molecule has 7 heteroatoms. The molecule has 0 aliphatic carbocycles. The molecule has 1 aromatic carbocycles. The molecule has 3 rings (SSSR count). The molecule has 0 spiro atoms. The molecule has 0 unspecified atom stereocenters. The molecule has 7 nitrogen and oxygen atoms in total. The average molecular weight is 343 g/mol. The number of hydrogen-bond donors (Lipinski definition) is 1. The van der Waals surface area contributed by atoms with Crippen LogP contribution in [-0.4, -0.2) is 46.7 Å². The number of ether oxygens (including phenoxy) is 1. The fourth-order valence-corrected chi connectivity index (χ4v) is 3.14. The minimum absolute atomic E-state index is 0.0963. The number of hydrogen-bond acceptors (Lipinski definition) is 5. The van der Waals surface area contributed by atoms with Crippen molar-refractivity contribution in [1.82, 2.24) is 15.1 Å². The van der Waals surface area contributed by atoms with Crippen LogP contribution in [0.2, 0.25) is 0 Å². The van der Waals surface area contributed by atoms with Gasteiger partial charge in [0.1, 0.15) is 0 Å². The van der Waals surface area contributed by atoms with Gasteiger partial charge in [0.25, 0.3) is 11.5 Å². The molecule has 1 amide bonds. The number of likely N-dealkylation sites (tertiary alicyclic amines) is 1. The molecule has 0 bridgehead atoms. The molecule has 2 aromatic rings. The van der Waals surface area contributed by atoms with Crippen LogP contribution in [0, 0.1) is 5.92 Å². The first kappa shape index (κ1) is 17.1. The maximum atomic E-state index is 12.1. The molecule has 1 aliphatic heterocycles. The lowest BCUT2D eigenvalue weighted by molar-refractivity contribution is -0.152. The average Bonchev–Trinajstić information content (AvgIpc) is 2.62. The van der Waals surface area contributed by atoms with Crippen molar-refractivity contribution in [2.24, 2.45) is 5.92 Å². The Morgan fingerprint density at radius 2 is 2.08 bits per heavy atom. The van der Waals surface area contributed by atoms with Crippen molar-refractivity contribution in [1.29, 1.82) is 0 Å². The summed E-state index contributed by atoms with van der Waals surface area (Å²) in [6, 6.07) is 6.93. The predicted octanol–water partition coefficient (Wildman–Crippen LogP) is 1.27. The van der Waals surface area contributed by atoms with Gasteiger partial charge in [-0.15, -0.1) is 0 Å². The number of aromatic amines is 1. The lowest BCUT2D eigenvalue weighted by Crippen LogP contribution is -2.41. The Bertz CT molecular complexity index is 846. The SMILES string of the molecule is C[C@H]1CCCN(C(=O)COC(=O)Cc2n[nH]c(=O)c3ccccc23)C1. The first-order valence-electron chi connectivity index (χ1n) is 8.44. The smallest absolute Gasteiger partial charge is 0.312 e. The normalized spacial score (nSPS) is 17.5. The predicted molar refractivity (Wildman–Crippen MR) is 92.0 cm³/mol. The van der Waals surface area contributed by atoms with E-state index in [-0.39, 0.29) is 24.5 Å². The quantitative estimate of drug-likeness (QED) is 0.844. The van der Waals surface area contributed by atoms with Crippen molar-refractivity contribution in [2.75, 3.05) is 19.7 Å². The first-order valence-corrected chi connectivity index (χ1v) is 8.44. The molecule has 1 saturated heterocycles. The fraction of sp³-hybridized carbons (Fsp3) is 0.444. The van der Waals surface area contributed by atoms with Gasteiger partial charge in [-0.2, -0.15) is 5.10 Å². The number of amides is 1. The van der Waals surface area contributed by atoms with E-state index in [1.165, 1.54) is 0 Å². The van der Waals surface area contributed by atoms with E-state index in [9.17, 15) is 14.4 Å². The molecule has 1 aromatic heterocycles. The second-order valence-electron chi connectivity index (χ2n) is 6.47. The summed E-state index contributed by atoms with van der Waals surface area (Å²) in [6.45, 7) is 3.28. The highest BCUT2D eigenvalue weighted by Crippen LogP contribution is 2.16. The van der Waals surface area contributed by atoms with Crippen LogP contribution in [0.1, 0.15) is 25.5 Å². The number of carbonyl (C=O) groups is 2. The van der Waals surface area contributed by atoms with Crippen molar-refractivity contribution in [3.63, 3.8) is 0 Å². The van der Waals surface area contributed by atoms with Crippen LogP contribution in [-0.2, 0) is 20.7 Å². The first-order chi connectivity index (χ1) is 12.0. The number of H-pyrrole nitrogens is 1. The molecule has 0 saturated carbocycles. The molecule has 25 heavy (non-hydrogen) atoms. The van der Waals surface area contributed by atoms with E-state index in [4.69, 9.17) is 4.74 Å². The largest absolute Gasteiger partial charge is 0.455 e. The summed E-state index contributed by atoms with van der Waals surface area (Å²) in [4.78, 5) is 37.7. The Morgan fingerprint density at radius 3 is 2.84 bits per heavy atom. The van der Waals surface area contributed by atoms with Crippen molar-refractivity contribution in [3.05, 3.63) is 40.3 Å². The zero-order valence-corrected chi connectivity index (χ0v) is 14.2. The van der Waals surface area contributed by atoms with Gasteiger partial charge in [-0.1, -0.05) is 25.1 Å². The third-order valence-electron chi connectivity index (χ3n) is 4.45. The molecule has 1 fully saturated rings. The number of nitrogens with zero attached hydrogens (tertiary/aromatic N) is 2. The summed E-state index contributed by atoms with van der Waals surface area (Å²) >= 11 is 0. The third kappa shape index (κ3) is 4.04. The van der Waals surface area contributed by atoms with Crippen molar-refractivity contribution in [3.8, 4) is 0 Å². The molecule has 1 atom stereocenters. The topological polar surface area (TPSA) is 92.4 Å². The number of esters is 1. The van der Waals surface area contributed by atoms with E-state index in [0.29, 0.717) is 35.5 Å². The number of rotatable bonds is 4.